The zero-order valence-corrected chi connectivity index (χ0v) is 19.1. The second-order valence-corrected chi connectivity index (χ2v) is 9.09. The van der Waals surface area contributed by atoms with Crippen molar-refractivity contribution >= 4 is 16.9 Å². The van der Waals surface area contributed by atoms with E-state index in [9.17, 15) is 9.59 Å². The molecule has 0 bridgehead atoms. The van der Waals surface area contributed by atoms with Gasteiger partial charge in [0.15, 0.2) is 0 Å². The molecule has 1 saturated heterocycles. The highest BCUT2D eigenvalue weighted by Gasteiger charge is 2.27. The molecule has 5 rings (SSSR count). The number of hydrogen-bond donors (Lipinski definition) is 1. The van der Waals surface area contributed by atoms with Crippen LogP contribution in [0, 0.1) is 0 Å². The molecule has 8 heteroatoms. The van der Waals surface area contributed by atoms with Gasteiger partial charge in [-0.2, -0.15) is 0 Å². The van der Waals surface area contributed by atoms with Gasteiger partial charge >= 0.3 is 0 Å². The molecule has 0 aliphatic carbocycles. The highest BCUT2D eigenvalue weighted by Crippen LogP contribution is 2.27. The Hall–Kier alpha value is -3.13. The first kappa shape index (κ1) is 21.7. The molecule has 0 spiro atoms. The van der Waals surface area contributed by atoms with Gasteiger partial charge in [0, 0.05) is 31.8 Å². The summed E-state index contributed by atoms with van der Waals surface area (Å²) in [5.74, 6) is 1.18. The van der Waals surface area contributed by atoms with E-state index in [1.54, 1.807) is 4.90 Å². The molecule has 0 saturated carbocycles. The Labute approximate surface area is 193 Å². The number of carbonyl (C=O) groups excluding carboxylic acids is 1. The van der Waals surface area contributed by atoms with E-state index in [1.165, 1.54) is 0 Å². The Kier molecular flexibility index (Phi) is 6.17. The fourth-order valence-corrected chi connectivity index (χ4v) is 4.89. The largest absolute Gasteiger partial charge is 0.338 e. The summed E-state index contributed by atoms with van der Waals surface area (Å²) in [6, 6.07) is 7.93. The van der Waals surface area contributed by atoms with Crippen LogP contribution in [0.15, 0.2) is 35.3 Å². The molecule has 2 aliphatic heterocycles. The lowest BCUT2D eigenvalue weighted by Gasteiger charge is -2.32. The topological polar surface area (TPSA) is 95.1 Å². The van der Waals surface area contributed by atoms with Crippen molar-refractivity contribution in [2.75, 3.05) is 19.6 Å². The van der Waals surface area contributed by atoms with Crippen molar-refractivity contribution in [3.05, 3.63) is 63.6 Å². The van der Waals surface area contributed by atoms with Crippen LogP contribution in [0.3, 0.4) is 0 Å². The van der Waals surface area contributed by atoms with E-state index < -0.39 is 0 Å². The molecule has 2 aromatic heterocycles. The molecule has 0 atom stereocenters. The maximum Gasteiger partial charge on any atom is 0.256 e. The molecule has 33 heavy (non-hydrogen) atoms. The lowest BCUT2D eigenvalue weighted by molar-refractivity contribution is -0.132. The molecule has 1 N–H and O–H groups in total. The number of benzene rings is 1. The number of piperidine rings is 1. The molecule has 1 amide bonds. The third kappa shape index (κ3) is 4.66. The van der Waals surface area contributed by atoms with Crippen LogP contribution in [-0.2, 0) is 24.3 Å². The second-order valence-electron chi connectivity index (χ2n) is 9.09. The number of likely N-dealkylation sites (tertiary alicyclic amines) is 1. The highest BCUT2D eigenvalue weighted by atomic mass is 16.2. The van der Waals surface area contributed by atoms with Gasteiger partial charge in [-0.25, -0.2) is 9.97 Å². The summed E-state index contributed by atoms with van der Waals surface area (Å²) < 4.78 is 0. The van der Waals surface area contributed by atoms with Crippen molar-refractivity contribution in [1.29, 1.82) is 0 Å². The number of fused-ring (bicyclic) bond motifs is 2. The minimum absolute atomic E-state index is 0.0853. The summed E-state index contributed by atoms with van der Waals surface area (Å²) in [6.45, 7) is 5.66. The lowest BCUT2D eigenvalue weighted by Crippen LogP contribution is -2.40. The van der Waals surface area contributed by atoms with E-state index in [4.69, 9.17) is 9.97 Å². The SMILES string of the molecule is CCCC(=O)N1CCc2nc(C3CCN(Cc4cnc5ccccc5n4)CC3)[nH]c(=O)c2C1. The molecule has 172 valence electrons. The molecule has 1 fully saturated rings. The van der Waals surface area contributed by atoms with E-state index >= 15 is 0 Å². The van der Waals surface area contributed by atoms with Gasteiger partial charge in [0.05, 0.1) is 40.7 Å². The van der Waals surface area contributed by atoms with Gasteiger partial charge in [-0.1, -0.05) is 19.1 Å². The molecular weight excluding hydrogens is 416 g/mol. The molecule has 0 unspecified atom stereocenters. The average molecular weight is 447 g/mol. The number of rotatable bonds is 5. The number of aromatic nitrogens is 4. The number of amides is 1. The van der Waals surface area contributed by atoms with E-state index in [2.05, 4.69) is 14.9 Å². The smallest absolute Gasteiger partial charge is 0.256 e. The van der Waals surface area contributed by atoms with Crippen molar-refractivity contribution in [3.63, 3.8) is 0 Å². The number of para-hydroxylation sites is 2. The average Bonchev–Trinajstić information content (AvgIpc) is 2.84. The second kappa shape index (κ2) is 9.39. The summed E-state index contributed by atoms with van der Waals surface area (Å²) in [7, 11) is 0. The third-order valence-corrected chi connectivity index (χ3v) is 6.76. The van der Waals surface area contributed by atoms with E-state index in [1.807, 2.05) is 37.4 Å². The van der Waals surface area contributed by atoms with Crippen LogP contribution >= 0.6 is 0 Å². The molecule has 2 aliphatic rings. The number of nitrogens with one attached hydrogen (secondary N) is 1. The van der Waals surface area contributed by atoms with Gasteiger partial charge in [-0.15, -0.1) is 0 Å². The summed E-state index contributed by atoms with van der Waals surface area (Å²) in [5, 5.41) is 0. The van der Waals surface area contributed by atoms with Crippen molar-refractivity contribution in [2.45, 2.75) is 58.0 Å². The van der Waals surface area contributed by atoms with Crippen LogP contribution in [0.4, 0.5) is 0 Å². The molecule has 8 nitrogen and oxygen atoms in total. The zero-order valence-electron chi connectivity index (χ0n) is 19.1. The van der Waals surface area contributed by atoms with Crippen molar-refractivity contribution in [1.82, 2.24) is 29.7 Å². The summed E-state index contributed by atoms with van der Waals surface area (Å²) in [4.78, 5) is 46.4. The van der Waals surface area contributed by atoms with E-state index in [0.717, 1.165) is 67.1 Å². The summed E-state index contributed by atoms with van der Waals surface area (Å²) in [6.07, 6.45) is 5.77. The number of nitrogens with zero attached hydrogens (tertiary/aromatic N) is 5. The molecule has 0 radical (unpaired) electrons. The zero-order chi connectivity index (χ0) is 22.8. The van der Waals surface area contributed by atoms with Crippen molar-refractivity contribution in [2.24, 2.45) is 0 Å². The predicted octanol–water partition coefficient (Wildman–Crippen LogP) is 2.78. The number of H-pyrrole nitrogens is 1. The normalized spacial score (nSPS) is 17.3. The molecular formula is C25H30N6O2. The molecule has 1 aromatic carbocycles. The van der Waals surface area contributed by atoms with Crippen LogP contribution in [0.1, 0.15) is 61.3 Å². The maximum absolute atomic E-state index is 12.8. The fraction of sp³-hybridized carbons (Fsp3) is 0.480. The van der Waals surface area contributed by atoms with E-state index in [-0.39, 0.29) is 17.4 Å². The number of aromatic amines is 1. The lowest BCUT2D eigenvalue weighted by atomic mass is 9.95. The molecule has 3 aromatic rings. The maximum atomic E-state index is 12.8. The minimum Gasteiger partial charge on any atom is -0.338 e. The Morgan fingerprint density at radius 1 is 1.12 bits per heavy atom. The first-order valence-corrected chi connectivity index (χ1v) is 11.9. The number of hydrogen-bond acceptors (Lipinski definition) is 6. The van der Waals surface area contributed by atoms with Crippen LogP contribution in [0.25, 0.3) is 11.0 Å². The summed E-state index contributed by atoms with van der Waals surface area (Å²) >= 11 is 0. The van der Waals surface area contributed by atoms with Crippen LogP contribution in [0.5, 0.6) is 0 Å². The minimum atomic E-state index is -0.0853. The standard InChI is InChI=1S/C25H30N6O2/c1-2-5-23(32)31-13-10-20-19(16-31)25(33)29-24(28-20)17-8-11-30(12-9-17)15-18-14-26-21-6-3-4-7-22(21)27-18/h3-4,6-7,14,17H,2,5,8-13,15-16H2,1H3,(H,28,29,33). The fourth-order valence-electron chi connectivity index (χ4n) is 4.89. The van der Waals surface area contributed by atoms with Crippen LogP contribution in [-0.4, -0.2) is 55.3 Å². The van der Waals surface area contributed by atoms with Gasteiger partial charge < -0.3 is 9.88 Å². The molecule has 4 heterocycles. The highest BCUT2D eigenvalue weighted by molar-refractivity contribution is 5.76. The first-order chi connectivity index (χ1) is 16.1. The Balaban J connectivity index is 1.22. The van der Waals surface area contributed by atoms with Crippen molar-refractivity contribution < 1.29 is 4.79 Å². The Morgan fingerprint density at radius 3 is 2.70 bits per heavy atom. The van der Waals surface area contributed by atoms with Crippen molar-refractivity contribution in [3.8, 4) is 0 Å². The number of carbonyl (C=O) groups is 1. The Morgan fingerprint density at radius 2 is 1.91 bits per heavy atom. The van der Waals surface area contributed by atoms with Gasteiger partial charge in [-0.05, 0) is 44.5 Å². The van der Waals surface area contributed by atoms with Gasteiger partial charge in [0.1, 0.15) is 5.82 Å². The van der Waals surface area contributed by atoms with Crippen LogP contribution < -0.4 is 5.56 Å². The third-order valence-electron chi connectivity index (χ3n) is 6.76. The first-order valence-electron chi connectivity index (χ1n) is 11.9. The predicted molar refractivity (Wildman–Crippen MR) is 126 cm³/mol. The quantitative estimate of drug-likeness (QED) is 0.648. The van der Waals surface area contributed by atoms with Gasteiger partial charge in [0.2, 0.25) is 5.91 Å². The summed E-state index contributed by atoms with van der Waals surface area (Å²) in [5.41, 5.74) is 4.26. The van der Waals surface area contributed by atoms with Gasteiger partial charge in [0.25, 0.3) is 5.56 Å². The van der Waals surface area contributed by atoms with E-state index in [0.29, 0.717) is 31.5 Å². The van der Waals surface area contributed by atoms with Gasteiger partial charge in [-0.3, -0.25) is 19.5 Å². The monoisotopic (exact) mass is 446 g/mol. The van der Waals surface area contributed by atoms with Crippen LogP contribution in [0.2, 0.25) is 0 Å². The Bertz CT molecular complexity index is 1210.